The Hall–Kier alpha value is -1.30. The van der Waals surface area contributed by atoms with Gasteiger partial charge in [-0.15, -0.1) is 0 Å². The molecule has 0 aromatic carbocycles. The first-order chi connectivity index (χ1) is 8.95. The zero-order valence-electron chi connectivity index (χ0n) is 11.9. The molecule has 2 N–H and O–H groups in total. The van der Waals surface area contributed by atoms with E-state index in [0.29, 0.717) is 26.1 Å². The van der Waals surface area contributed by atoms with Crippen molar-refractivity contribution in [2.75, 3.05) is 19.7 Å². The molecule has 0 bridgehead atoms. The van der Waals surface area contributed by atoms with E-state index in [1.165, 1.54) is 0 Å². The summed E-state index contributed by atoms with van der Waals surface area (Å²) in [5.41, 5.74) is 0. The number of aliphatic carboxylic acids is 1. The van der Waals surface area contributed by atoms with Crippen LogP contribution < -0.4 is 5.32 Å². The van der Waals surface area contributed by atoms with Crippen LogP contribution in [-0.2, 0) is 9.53 Å². The number of nitrogens with zero attached hydrogens (tertiary/aromatic N) is 1. The van der Waals surface area contributed by atoms with Crippen LogP contribution in [0.5, 0.6) is 0 Å². The second-order valence-electron chi connectivity index (χ2n) is 5.13. The van der Waals surface area contributed by atoms with Gasteiger partial charge in [0.2, 0.25) is 0 Å². The number of carbonyl (C=O) groups excluding carboxylic acids is 1. The predicted molar refractivity (Wildman–Crippen MR) is 71.0 cm³/mol. The average molecular weight is 272 g/mol. The zero-order chi connectivity index (χ0) is 14.4. The van der Waals surface area contributed by atoms with Crippen LogP contribution in [0, 0.1) is 5.92 Å². The van der Waals surface area contributed by atoms with Gasteiger partial charge in [0, 0.05) is 19.7 Å². The first-order valence-corrected chi connectivity index (χ1v) is 6.85. The molecule has 0 aromatic heterocycles. The van der Waals surface area contributed by atoms with E-state index in [2.05, 4.69) is 5.32 Å². The molecule has 1 saturated heterocycles. The summed E-state index contributed by atoms with van der Waals surface area (Å²) in [7, 11) is 0. The molecule has 1 aliphatic rings. The minimum atomic E-state index is -0.984. The van der Waals surface area contributed by atoms with E-state index in [1.807, 2.05) is 20.8 Å². The largest absolute Gasteiger partial charge is 0.480 e. The molecule has 0 saturated carbocycles. The van der Waals surface area contributed by atoms with Gasteiger partial charge in [0.25, 0.3) is 0 Å². The lowest BCUT2D eigenvalue weighted by molar-refractivity contribution is -0.140. The molecule has 19 heavy (non-hydrogen) atoms. The number of carbonyl (C=O) groups is 2. The van der Waals surface area contributed by atoms with Gasteiger partial charge < -0.3 is 20.1 Å². The number of carboxylic acid groups (broad SMARTS) is 1. The maximum atomic E-state index is 12.1. The molecular formula is C13H24N2O4. The molecule has 1 heterocycles. The number of nitrogens with one attached hydrogen (secondary N) is 1. The normalized spacial score (nSPS) is 23.3. The molecule has 0 radical (unpaired) electrons. The van der Waals surface area contributed by atoms with Gasteiger partial charge in [0.15, 0.2) is 0 Å². The van der Waals surface area contributed by atoms with Crippen molar-refractivity contribution in [2.45, 2.75) is 45.8 Å². The molecule has 6 heteroatoms. The SMILES string of the molecule is CCC(C)C(NC(=O)N1CCCOC(C)C1)C(=O)O. The standard InChI is InChI=1S/C13H24N2O4/c1-4-9(2)11(12(16)17)14-13(18)15-6-5-7-19-10(3)8-15/h9-11H,4-8H2,1-3H3,(H,14,18)(H,16,17). The molecule has 0 spiro atoms. The second-order valence-corrected chi connectivity index (χ2v) is 5.13. The van der Waals surface area contributed by atoms with Crippen LogP contribution in [0.15, 0.2) is 0 Å². The second kappa shape index (κ2) is 7.33. The summed E-state index contributed by atoms with van der Waals surface area (Å²) in [6.45, 7) is 7.39. The number of urea groups is 1. The summed E-state index contributed by atoms with van der Waals surface area (Å²) >= 11 is 0. The summed E-state index contributed by atoms with van der Waals surface area (Å²) < 4.78 is 5.47. The smallest absolute Gasteiger partial charge is 0.326 e. The fourth-order valence-corrected chi connectivity index (χ4v) is 2.09. The third-order valence-corrected chi connectivity index (χ3v) is 3.50. The van der Waals surface area contributed by atoms with Crippen molar-refractivity contribution in [1.29, 1.82) is 0 Å². The maximum absolute atomic E-state index is 12.1. The summed E-state index contributed by atoms with van der Waals surface area (Å²) in [4.78, 5) is 25.0. The van der Waals surface area contributed by atoms with Crippen molar-refractivity contribution < 1.29 is 19.4 Å². The van der Waals surface area contributed by atoms with E-state index in [4.69, 9.17) is 4.74 Å². The summed E-state index contributed by atoms with van der Waals surface area (Å²) in [6.07, 6.45) is 1.47. The molecule has 3 unspecified atom stereocenters. The molecule has 3 atom stereocenters. The Morgan fingerprint density at radius 1 is 1.53 bits per heavy atom. The van der Waals surface area contributed by atoms with Gasteiger partial charge in [-0.3, -0.25) is 0 Å². The monoisotopic (exact) mass is 272 g/mol. The number of hydrogen-bond donors (Lipinski definition) is 2. The molecule has 0 aromatic rings. The van der Waals surface area contributed by atoms with E-state index in [1.54, 1.807) is 4.90 Å². The number of amides is 2. The fourth-order valence-electron chi connectivity index (χ4n) is 2.09. The number of carboxylic acids is 1. The van der Waals surface area contributed by atoms with Gasteiger partial charge in [0.05, 0.1) is 6.10 Å². The highest BCUT2D eigenvalue weighted by atomic mass is 16.5. The van der Waals surface area contributed by atoms with Gasteiger partial charge >= 0.3 is 12.0 Å². The van der Waals surface area contributed by atoms with Crippen LogP contribution in [0.3, 0.4) is 0 Å². The third-order valence-electron chi connectivity index (χ3n) is 3.50. The molecule has 110 valence electrons. The highest BCUT2D eigenvalue weighted by Gasteiger charge is 2.28. The van der Waals surface area contributed by atoms with Gasteiger partial charge in [-0.25, -0.2) is 9.59 Å². The quantitative estimate of drug-likeness (QED) is 0.808. The van der Waals surface area contributed by atoms with Crippen molar-refractivity contribution in [2.24, 2.45) is 5.92 Å². The van der Waals surface area contributed by atoms with Crippen molar-refractivity contribution in [3.8, 4) is 0 Å². The predicted octanol–water partition coefficient (Wildman–Crippen LogP) is 1.31. The topological polar surface area (TPSA) is 78.9 Å². The van der Waals surface area contributed by atoms with Crippen LogP contribution in [-0.4, -0.2) is 53.8 Å². The van der Waals surface area contributed by atoms with Gasteiger partial charge in [-0.1, -0.05) is 20.3 Å². The summed E-state index contributed by atoms with van der Waals surface area (Å²) in [5, 5.41) is 11.8. The Bertz CT molecular complexity index is 322. The average Bonchev–Trinajstić information content (AvgIpc) is 2.59. The first kappa shape index (κ1) is 15.8. The van der Waals surface area contributed by atoms with Crippen LogP contribution in [0.1, 0.15) is 33.6 Å². The molecule has 1 aliphatic heterocycles. The van der Waals surface area contributed by atoms with Gasteiger partial charge in [-0.2, -0.15) is 0 Å². The summed E-state index contributed by atoms with van der Waals surface area (Å²) in [5.74, 6) is -1.08. The Balaban J connectivity index is 2.62. The zero-order valence-corrected chi connectivity index (χ0v) is 11.9. The van der Waals surface area contributed by atoms with Crippen molar-refractivity contribution >= 4 is 12.0 Å². The van der Waals surface area contributed by atoms with E-state index >= 15 is 0 Å². The Labute approximate surface area is 114 Å². The minimum Gasteiger partial charge on any atom is -0.480 e. The fraction of sp³-hybridized carbons (Fsp3) is 0.846. The first-order valence-electron chi connectivity index (χ1n) is 6.85. The van der Waals surface area contributed by atoms with E-state index < -0.39 is 12.0 Å². The minimum absolute atomic E-state index is 0.0138. The van der Waals surface area contributed by atoms with Crippen molar-refractivity contribution in [3.63, 3.8) is 0 Å². The lowest BCUT2D eigenvalue weighted by Gasteiger charge is -2.26. The number of ether oxygens (including phenoxy) is 1. The van der Waals surface area contributed by atoms with Crippen molar-refractivity contribution in [1.82, 2.24) is 10.2 Å². The van der Waals surface area contributed by atoms with Crippen molar-refractivity contribution in [3.05, 3.63) is 0 Å². The Kier molecular flexibility index (Phi) is 6.08. The third kappa shape index (κ3) is 4.70. The van der Waals surface area contributed by atoms with E-state index in [-0.39, 0.29) is 18.1 Å². The molecule has 6 nitrogen and oxygen atoms in total. The van der Waals surface area contributed by atoms with Crippen LogP contribution >= 0.6 is 0 Å². The van der Waals surface area contributed by atoms with Crippen LogP contribution in [0.25, 0.3) is 0 Å². The van der Waals surface area contributed by atoms with Crippen LogP contribution in [0.4, 0.5) is 4.79 Å². The summed E-state index contributed by atoms with van der Waals surface area (Å²) in [6, 6.07) is -1.15. The molecule has 0 aliphatic carbocycles. The Morgan fingerprint density at radius 3 is 2.79 bits per heavy atom. The Morgan fingerprint density at radius 2 is 2.21 bits per heavy atom. The molecule has 1 rings (SSSR count). The number of rotatable bonds is 4. The van der Waals surface area contributed by atoms with E-state index in [9.17, 15) is 14.7 Å². The van der Waals surface area contributed by atoms with Gasteiger partial charge in [0.1, 0.15) is 6.04 Å². The maximum Gasteiger partial charge on any atom is 0.326 e. The van der Waals surface area contributed by atoms with Crippen LogP contribution in [0.2, 0.25) is 0 Å². The lowest BCUT2D eigenvalue weighted by Crippen LogP contribution is -2.51. The molecule has 2 amide bonds. The lowest BCUT2D eigenvalue weighted by atomic mass is 9.99. The highest BCUT2D eigenvalue weighted by Crippen LogP contribution is 2.10. The van der Waals surface area contributed by atoms with Gasteiger partial charge in [-0.05, 0) is 19.3 Å². The molecular weight excluding hydrogens is 248 g/mol. The highest BCUT2D eigenvalue weighted by molar-refractivity contribution is 5.82. The van der Waals surface area contributed by atoms with E-state index in [0.717, 1.165) is 6.42 Å². The molecule has 1 fully saturated rings. The number of hydrogen-bond acceptors (Lipinski definition) is 3.